The van der Waals surface area contributed by atoms with Gasteiger partial charge in [0.15, 0.2) is 0 Å². The van der Waals surface area contributed by atoms with Crippen molar-refractivity contribution < 1.29 is 0 Å². The minimum absolute atomic E-state index is 0.802. The van der Waals surface area contributed by atoms with Crippen molar-refractivity contribution >= 4 is 0 Å². The highest BCUT2D eigenvalue weighted by Gasteiger charge is 2.29. The lowest BCUT2D eigenvalue weighted by Crippen LogP contribution is -2.04. The summed E-state index contributed by atoms with van der Waals surface area (Å²) >= 11 is 0. The molecular weight excluding hydrogens is 216 g/mol. The van der Waals surface area contributed by atoms with Crippen LogP contribution >= 0.6 is 0 Å². The first-order chi connectivity index (χ1) is 8.74. The number of allylic oxidation sites excluding steroid dienone is 4. The smallest absolute Gasteiger partial charge is 0.00186 e. The summed E-state index contributed by atoms with van der Waals surface area (Å²) in [6.45, 7) is 11.7. The van der Waals surface area contributed by atoms with E-state index >= 15 is 0 Å². The van der Waals surface area contributed by atoms with E-state index in [1.807, 2.05) is 5.57 Å². The Balaban J connectivity index is 3.14. The van der Waals surface area contributed by atoms with Gasteiger partial charge in [0, 0.05) is 5.92 Å². The molecule has 0 fully saturated rings. The minimum atomic E-state index is 0.802. The van der Waals surface area contributed by atoms with E-state index in [1.54, 1.807) is 16.7 Å². The molecule has 1 aliphatic rings. The summed E-state index contributed by atoms with van der Waals surface area (Å²) in [4.78, 5) is 0. The molecule has 104 valence electrons. The van der Waals surface area contributed by atoms with Crippen LogP contribution in [-0.4, -0.2) is 0 Å². The molecule has 0 bridgehead atoms. The molecule has 0 heterocycles. The van der Waals surface area contributed by atoms with Crippen LogP contribution in [0.25, 0.3) is 0 Å². The maximum atomic E-state index is 2.36. The van der Waals surface area contributed by atoms with E-state index < -0.39 is 0 Å². The predicted octanol–water partition coefficient (Wildman–Crippen LogP) is 6.43. The molecule has 1 atom stereocenters. The molecule has 0 saturated heterocycles. The summed E-state index contributed by atoms with van der Waals surface area (Å²) < 4.78 is 0. The zero-order valence-corrected chi connectivity index (χ0v) is 13.2. The van der Waals surface area contributed by atoms with Crippen LogP contribution in [0.1, 0.15) is 86.0 Å². The third kappa shape index (κ3) is 3.08. The van der Waals surface area contributed by atoms with Crippen LogP contribution in [0.3, 0.4) is 0 Å². The fraction of sp³-hybridized carbons (Fsp3) is 0.778. The van der Waals surface area contributed by atoms with Crippen molar-refractivity contribution in [1.82, 2.24) is 0 Å². The zero-order valence-electron chi connectivity index (χ0n) is 13.2. The van der Waals surface area contributed by atoms with Gasteiger partial charge in [0.1, 0.15) is 0 Å². The molecule has 0 spiro atoms. The van der Waals surface area contributed by atoms with Crippen molar-refractivity contribution in [1.29, 1.82) is 0 Å². The maximum Gasteiger partial charge on any atom is 0.00186 e. The third-order valence-corrected chi connectivity index (χ3v) is 4.31. The monoisotopic (exact) mass is 248 g/mol. The van der Waals surface area contributed by atoms with E-state index in [1.165, 1.54) is 51.4 Å². The molecule has 0 N–H and O–H groups in total. The second kappa shape index (κ2) is 7.81. The van der Waals surface area contributed by atoms with E-state index in [0.717, 1.165) is 5.92 Å². The molecule has 0 aromatic rings. The summed E-state index contributed by atoms with van der Waals surface area (Å²) in [5.74, 6) is 0.802. The van der Waals surface area contributed by atoms with Gasteiger partial charge >= 0.3 is 0 Å². The second-order valence-electron chi connectivity index (χ2n) is 5.56. The van der Waals surface area contributed by atoms with Crippen LogP contribution in [0.2, 0.25) is 0 Å². The van der Waals surface area contributed by atoms with Crippen LogP contribution < -0.4 is 0 Å². The van der Waals surface area contributed by atoms with Gasteiger partial charge in [-0.25, -0.2) is 0 Å². The number of hydrogen-bond acceptors (Lipinski definition) is 0. The molecule has 18 heavy (non-hydrogen) atoms. The fourth-order valence-electron chi connectivity index (χ4n) is 3.71. The van der Waals surface area contributed by atoms with Crippen LogP contribution in [-0.2, 0) is 0 Å². The highest BCUT2D eigenvalue weighted by Crippen LogP contribution is 2.46. The first-order valence-corrected chi connectivity index (χ1v) is 8.19. The number of hydrogen-bond donors (Lipinski definition) is 0. The van der Waals surface area contributed by atoms with Gasteiger partial charge in [0.05, 0.1) is 0 Å². The third-order valence-electron chi connectivity index (χ3n) is 4.31. The molecule has 0 aliphatic heterocycles. The van der Waals surface area contributed by atoms with Crippen molar-refractivity contribution in [3.05, 3.63) is 22.3 Å². The average Bonchev–Trinajstić information content (AvgIpc) is 2.64. The predicted molar refractivity (Wildman–Crippen MR) is 82.8 cm³/mol. The van der Waals surface area contributed by atoms with Gasteiger partial charge in [-0.15, -0.1) is 0 Å². The molecule has 0 aromatic carbocycles. The molecule has 1 aliphatic carbocycles. The Morgan fingerprint density at radius 3 is 1.78 bits per heavy atom. The second-order valence-corrected chi connectivity index (χ2v) is 5.56. The Bertz CT molecular complexity index is 317. The van der Waals surface area contributed by atoms with Crippen LogP contribution in [0.4, 0.5) is 0 Å². The van der Waals surface area contributed by atoms with Gasteiger partial charge in [0.2, 0.25) is 0 Å². The Morgan fingerprint density at radius 2 is 1.33 bits per heavy atom. The highest BCUT2D eigenvalue weighted by atomic mass is 14.3. The standard InChI is InChI=1S/C18H32/c1-6-11-16-14(9-4)17(12-7-2)18(13-8-3)15(16)10-5/h17H,6-13H2,1-5H3. The molecule has 0 nitrogen and oxygen atoms in total. The van der Waals surface area contributed by atoms with Crippen LogP contribution in [0.5, 0.6) is 0 Å². The Labute approximate surface area is 115 Å². The molecule has 0 heteroatoms. The van der Waals surface area contributed by atoms with Gasteiger partial charge in [-0.2, -0.15) is 0 Å². The summed E-state index contributed by atoms with van der Waals surface area (Å²) in [5, 5.41) is 0. The van der Waals surface area contributed by atoms with Crippen molar-refractivity contribution in [2.75, 3.05) is 0 Å². The first-order valence-electron chi connectivity index (χ1n) is 8.19. The summed E-state index contributed by atoms with van der Waals surface area (Å²) in [6, 6.07) is 0. The molecule has 1 unspecified atom stereocenters. The molecule has 0 amide bonds. The quantitative estimate of drug-likeness (QED) is 0.464. The van der Waals surface area contributed by atoms with E-state index in [4.69, 9.17) is 0 Å². The van der Waals surface area contributed by atoms with Crippen molar-refractivity contribution in [2.45, 2.75) is 86.0 Å². The van der Waals surface area contributed by atoms with Gasteiger partial charge < -0.3 is 0 Å². The van der Waals surface area contributed by atoms with E-state index in [9.17, 15) is 0 Å². The van der Waals surface area contributed by atoms with Gasteiger partial charge in [-0.3, -0.25) is 0 Å². The largest absolute Gasteiger partial charge is 0.0653 e. The Kier molecular flexibility index (Phi) is 6.75. The van der Waals surface area contributed by atoms with E-state index in [0.29, 0.717) is 0 Å². The average molecular weight is 248 g/mol. The SMILES string of the molecule is CCCC1=C(CC)C(CCC)C(CCC)=C1CC. The maximum absolute atomic E-state index is 2.36. The molecule has 0 saturated carbocycles. The van der Waals surface area contributed by atoms with E-state index in [-0.39, 0.29) is 0 Å². The van der Waals surface area contributed by atoms with Gasteiger partial charge in [0.25, 0.3) is 0 Å². The van der Waals surface area contributed by atoms with E-state index in [2.05, 4.69) is 34.6 Å². The normalized spacial score (nSPS) is 20.2. The van der Waals surface area contributed by atoms with Crippen molar-refractivity contribution in [2.24, 2.45) is 5.92 Å². The van der Waals surface area contributed by atoms with Gasteiger partial charge in [-0.1, -0.05) is 65.0 Å². The summed E-state index contributed by atoms with van der Waals surface area (Å²) in [6.07, 6.45) is 10.4. The summed E-state index contributed by atoms with van der Waals surface area (Å²) in [5.41, 5.74) is 7.10. The lowest BCUT2D eigenvalue weighted by atomic mass is 9.86. The first kappa shape index (κ1) is 15.5. The topological polar surface area (TPSA) is 0 Å². The lowest BCUT2D eigenvalue weighted by molar-refractivity contribution is 0.590. The van der Waals surface area contributed by atoms with Crippen LogP contribution in [0, 0.1) is 5.92 Å². The van der Waals surface area contributed by atoms with Crippen molar-refractivity contribution in [3.63, 3.8) is 0 Å². The lowest BCUT2D eigenvalue weighted by Gasteiger charge is -2.18. The minimum Gasteiger partial charge on any atom is -0.0653 e. The zero-order chi connectivity index (χ0) is 13.5. The molecular formula is C18H32. The highest BCUT2D eigenvalue weighted by molar-refractivity contribution is 5.49. The molecule has 0 aromatic heterocycles. The van der Waals surface area contributed by atoms with Crippen molar-refractivity contribution in [3.8, 4) is 0 Å². The Morgan fingerprint density at radius 1 is 0.667 bits per heavy atom. The fourth-order valence-corrected chi connectivity index (χ4v) is 3.71. The molecule has 0 radical (unpaired) electrons. The van der Waals surface area contributed by atoms with Gasteiger partial charge in [-0.05, 0) is 43.3 Å². The Hall–Kier alpha value is -0.520. The summed E-state index contributed by atoms with van der Waals surface area (Å²) in [7, 11) is 0. The molecule has 1 rings (SSSR count). The number of rotatable bonds is 8. The van der Waals surface area contributed by atoms with Crippen LogP contribution in [0.15, 0.2) is 22.3 Å².